The van der Waals surface area contributed by atoms with Gasteiger partial charge in [0.05, 0.1) is 10.6 Å². The van der Waals surface area contributed by atoms with Crippen LogP contribution in [-0.2, 0) is 28.7 Å². The number of hydrogen-bond acceptors (Lipinski definition) is 2. The van der Waals surface area contributed by atoms with Crippen LogP contribution in [0.4, 0.5) is 5.69 Å². The quantitative estimate of drug-likeness (QED) is 0.744. The molecule has 0 saturated heterocycles. The molecule has 4 nitrogen and oxygen atoms in total. The molecule has 0 spiro atoms. The molecule has 5 heteroatoms. The van der Waals surface area contributed by atoms with Gasteiger partial charge in [-0.15, -0.1) is 0 Å². The molecule has 1 atom stereocenters. The van der Waals surface area contributed by atoms with Gasteiger partial charge in [-0.2, -0.15) is 0 Å². The number of aryl methyl sites for hydroxylation is 1. The van der Waals surface area contributed by atoms with E-state index in [1.165, 1.54) is 0 Å². The van der Waals surface area contributed by atoms with Gasteiger partial charge in [-0.05, 0) is 36.1 Å². The molecule has 84 valence electrons. The number of carbonyl (C=O) groups excluding carboxylic acids is 1. The van der Waals surface area contributed by atoms with Crippen molar-refractivity contribution in [3.63, 3.8) is 0 Å². The van der Waals surface area contributed by atoms with Crippen molar-refractivity contribution in [3.8, 4) is 0 Å². The number of benzene rings is 1. The van der Waals surface area contributed by atoms with Gasteiger partial charge >= 0.3 is 0 Å². The molecule has 1 amide bonds. The average molecular weight is 237 g/mol. The summed E-state index contributed by atoms with van der Waals surface area (Å²) in [5.41, 5.74) is 3.06. The van der Waals surface area contributed by atoms with E-state index in [2.05, 4.69) is 0 Å². The first-order valence-corrected chi connectivity index (χ1v) is 6.34. The predicted octanol–water partition coefficient (Wildman–Crippen LogP) is 1.10. The van der Waals surface area contributed by atoms with Gasteiger partial charge in [0.1, 0.15) is 0 Å². The molecule has 0 fully saturated rings. The van der Waals surface area contributed by atoms with E-state index in [4.69, 9.17) is 4.55 Å². The Balaban J connectivity index is 2.20. The Bertz CT molecular complexity index is 512. The summed E-state index contributed by atoms with van der Waals surface area (Å²) < 4.78 is 20.2. The third kappa shape index (κ3) is 1.32. The van der Waals surface area contributed by atoms with E-state index in [9.17, 15) is 9.00 Å². The zero-order valence-electron chi connectivity index (χ0n) is 8.60. The molecule has 0 aliphatic carbocycles. The highest BCUT2D eigenvalue weighted by molar-refractivity contribution is 7.79. The van der Waals surface area contributed by atoms with Crippen LogP contribution in [0.3, 0.4) is 0 Å². The molecule has 0 bridgehead atoms. The normalized spacial score (nSPS) is 19.8. The highest BCUT2D eigenvalue weighted by Crippen LogP contribution is 2.37. The van der Waals surface area contributed by atoms with Crippen LogP contribution in [0.5, 0.6) is 0 Å². The van der Waals surface area contributed by atoms with Crippen molar-refractivity contribution in [2.45, 2.75) is 24.2 Å². The van der Waals surface area contributed by atoms with Crippen LogP contribution in [-0.4, -0.2) is 21.2 Å². The number of amides is 1. The van der Waals surface area contributed by atoms with Crippen molar-refractivity contribution in [2.75, 3.05) is 11.4 Å². The van der Waals surface area contributed by atoms with Crippen LogP contribution in [0.1, 0.15) is 17.5 Å². The summed E-state index contributed by atoms with van der Waals surface area (Å²) in [5.74, 6) is 0.170. The van der Waals surface area contributed by atoms with Gasteiger partial charge in [0.2, 0.25) is 5.91 Å². The predicted molar refractivity (Wildman–Crippen MR) is 59.9 cm³/mol. The fraction of sp³-hybridized carbons (Fsp3) is 0.364. The van der Waals surface area contributed by atoms with E-state index in [-0.39, 0.29) is 5.91 Å². The van der Waals surface area contributed by atoms with Crippen molar-refractivity contribution in [1.82, 2.24) is 0 Å². The number of carbonyl (C=O) groups is 1. The summed E-state index contributed by atoms with van der Waals surface area (Å²) >= 11 is -1.93. The Kier molecular flexibility index (Phi) is 2.12. The highest BCUT2D eigenvalue weighted by Gasteiger charge is 2.31. The highest BCUT2D eigenvalue weighted by atomic mass is 32.2. The molecule has 0 saturated carbocycles. The topological polar surface area (TPSA) is 57.6 Å². The van der Waals surface area contributed by atoms with Crippen LogP contribution in [0.15, 0.2) is 17.0 Å². The maximum Gasteiger partial charge on any atom is 0.227 e. The second-order valence-electron chi connectivity index (χ2n) is 4.13. The SMILES string of the molecule is O=C1CCc2cc(S(=O)O)cc3c2N1CC3. The smallest absolute Gasteiger partial charge is 0.227 e. The van der Waals surface area contributed by atoms with Crippen LogP contribution < -0.4 is 4.90 Å². The second kappa shape index (κ2) is 3.40. The van der Waals surface area contributed by atoms with Crippen LogP contribution in [0, 0.1) is 0 Å². The van der Waals surface area contributed by atoms with Crippen molar-refractivity contribution in [3.05, 3.63) is 23.3 Å². The van der Waals surface area contributed by atoms with E-state index in [1.54, 1.807) is 17.0 Å². The van der Waals surface area contributed by atoms with Gasteiger partial charge < -0.3 is 9.45 Å². The van der Waals surface area contributed by atoms with Gasteiger partial charge in [0.15, 0.2) is 11.1 Å². The number of anilines is 1. The summed E-state index contributed by atoms with van der Waals surface area (Å²) in [6.07, 6.45) is 1.98. The molecule has 0 aromatic heterocycles. The molecule has 2 aliphatic rings. The Morgan fingerprint density at radius 3 is 2.56 bits per heavy atom. The van der Waals surface area contributed by atoms with Crippen molar-refractivity contribution < 1.29 is 13.6 Å². The second-order valence-corrected chi connectivity index (χ2v) is 5.10. The van der Waals surface area contributed by atoms with Crippen molar-refractivity contribution >= 4 is 22.7 Å². The monoisotopic (exact) mass is 237 g/mol. The van der Waals surface area contributed by atoms with Gasteiger partial charge in [-0.1, -0.05) is 0 Å². The van der Waals surface area contributed by atoms with Crippen molar-refractivity contribution in [2.24, 2.45) is 0 Å². The summed E-state index contributed by atoms with van der Waals surface area (Å²) in [7, 11) is 0. The van der Waals surface area contributed by atoms with Gasteiger partial charge in [0, 0.05) is 13.0 Å². The summed E-state index contributed by atoms with van der Waals surface area (Å²) in [6, 6.07) is 3.49. The molecule has 2 heterocycles. The molecule has 1 aromatic carbocycles. The van der Waals surface area contributed by atoms with Crippen LogP contribution in [0.25, 0.3) is 0 Å². The lowest BCUT2D eigenvalue weighted by molar-refractivity contribution is -0.118. The zero-order chi connectivity index (χ0) is 11.3. The summed E-state index contributed by atoms with van der Waals surface area (Å²) in [6.45, 7) is 0.711. The molecule has 0 radical (unpaired) electrons. The van der Waals surface area contributed by atoms with Crippen LogP contribution in [0.2, 0.25) is 0 Å². The largest absolute Gasteiger partial charge is 0.312 e. The van der Waals surface area contributed by atoms with Gasteiger partial charge in [-0.25, -0.2) is 4.21 Å². The molecular formula is C11H11NO3S. The Labute approximate surface area is 95.5 Å². The Hall–Kier alpha value is -1.20. The molecule has 1 unspecified atom stereocenters. The summed E-state index contributed by atoms with van der Waals surface area (Å²) in [5, 5.41) is 0. The number of nitrogens with zero attached hydrogens (tertiary/aromatic N) is 1. The molecular weight excluding hydrogens is 226 g/mol. The molecule has 16 heavy (non-hydrogen) atoms. The summed E-state index contributed by atoms with van der Waals surface area (Å²) in [4.78, 5) is 13.9. The molecule has 1 N–H and O–H groups in total. The minimum absolute atomic E-state index is 0.170. The van der Waals surface area contributed by atoms with Gasteiger partial charge in [0.25, 0.3) is 0 Å². The third-order valence-corrected chi connectivity index (χ3v) is 3.87. The first-order valence-electron chi connectivity index (χ1n) is 5.24. The average Bonchev–Trinajstić information content (AvgIpc) is 2.68. The van der Waals surface area contributed by atoms with E-state index in [0.717, 1.165) is 23.2 Å². The minimum Gasteiger partial charge on any atom is -0.312 e. The van der Waals surface area contributed by atoms with E-state index < -0.39 is 11.1 Å². The van der Waals surface area contributed by atoms with Gasteiger partial charge in [-0.3, -0.25) is 4.79 Å². The number of rotatable bonds is 1. The van der Waals surface area contributed by atoms with Crippen LogP contribution >= 0.6 is 0 Å². The standard InChI is InChI=1S/C11H11NO3S/c13-10-2-1-7-5-9(16(14)15)6-8-3-4-12(10)11(7)8/h5-6H,1-4H2,(H,14,15). The maximum atomic E-state index is 11.7. The van der Waals surface area contributed by atoms with E-state index >= 15 is 0 Å². The fourth-order valence-electron chi connectivity index (χ4n) is 2.53. The zero-order valence-corrected chi connectivity index (χ0v) is 9.42. The lowest BCUT2D eigenvalue weighted by Gasteiger charge is -2.25. The first kappa shape index (κ1) is 9.99. The fourth-order valence-corrected chi connectivity index (χ4v) is 3.01. The Morgan fingerprint density at radius 1 is 1.19 bits per heavy atom. The third-order valence-electron chi connectivity index (χ3n) is 3.23. The Morgan fingerprint density at radius 2 is 1.88 bits per heavy atom. The maximum absolute atomic E-state index is 11.7. The van der Waals surface area contributed by atoms with E-state index in [1.807, 2.05) is 0 Å². The van der Waals surface area contributed by atoms with E-state index in [0.29, 0.717) is 24.3 Å². The molecule has 2 aliphatic heterocycles. The molecule has 1 aromatic rings. The first-order chi connectivity index (χ1) is 7.66. The van der Waals surface area contributed by atoms with Crippen molar-refractivity contribution in [1.29, 1.82) is 0 Å². The lowest BCUT2D eigenvalue weighted by Crippen LogP contribution is -2.32. The molecule has 3 rings (SSSR count). The minimum atomic E-state index is -1.93. The lowest BCUT2D eigenvalue weighted by atomic mass is 10.00. The number of hydrogen-bond donors (Lipinski definition) is 1.